The molecule has 2 aromatic heterocycles. The van der Waals surface area contributed by atoms with E-state index in [1.54, 1.807) is 11.9 Å². The van der Waals surface area contributed by atoms with Crippen LogP contribution in [-0.2, 0) is 38.4 Å². The highest BCUT2D eigenvalue weighted by molar-refractivity contribution is 7.14. The average molecular weight is 566 g/mol. The Hall–Kier alpha value is -3.08. The van der Waals surface area contributed by atoms with Gasteiger partial charge in [-0.25, -0.2) is 4.98 Å². The number of carbonyl (C=O) groups is 2. The third-order valence-corrected chi connectivity index (χ3v) is 8.43. The molecule has 3 heterocycles. The van der Waals surface area contributed by atoms with Crippen LogP contribution < -0.4 is 4.90 Å². The molecule has 214 valence electrons. The molecule has 2 aliphatic rings. The van der Waals surface area contributed by atoms with Crippen molar-refractivity contribution in [2.24, 2.45) is 5.41 Å². The Labute approximate surface area is 240 Å². The molecule has 1 aliphatic carbocycles. The van der Waals surface area contributed by atoms with Crippen molar-refractivity contribution in [3.8, 4) is 11.3 Å². The number of carbonyl (C=O) groups excluding carboxylic acids is 2. The van der Waals surface area contributed by atoms with Gasteiger partial charge < -0.3 is 9.47 Å². The smallest absolute Gasteiger partial charge is 0.307 e. The zero-order valence-electron chi connectivity index (χ0n) is 23.9. The van der Waals surface area contributed by atoms with E-state index < -0.39 is 11.0 Å². The van der Waals surface area contributed by atoms with Crippen molar-refractivity contribution in [2.45, 2.75) is 58.6 Å². The van der Waals surface area contributed by atoms with Gasteiger partial charge in [0.05, 0.1) is 36.9 Å². The van der Waals surface area contributed by atoms with Crippen molar-refractivity contribution < 1.29 is 19.1 Å². The van der Waals surface area contributed by atoms with Crippen LogP contribution in [0.3, 0.4) is 0 Å². The van der Waals surface area contributed by atoms with Gasteiger partial charge in [0.25, 0.3) is 0 Å². The molecule has 1 saturated heterocycles. The van der Waals surface area contributed by atoms with E-state index in [0.717, 1.165) is 68.2 Å². The molecule has 10 heteroatoms. The monoisotopic (exact) mass is 565 g/mol. The van der Waals surface area contributed by atoms with Gasteiger partial charge in [-0.1, -0.05) is 24.3 Å². The first kappa shape index (κ1) is 28.4. The summed E-state index contributed by atoms with van der Waals surface area (Å²) >= 11 is 1.42. The molecule has 40 heavy (non-hydrogen) atoms. The minimum absolute atomic E-state index is 0.0254. The number of nitrogens with zero attached hydrogens (tertiary/aromatic N) is 5. The second kappa shape index (κ2) is 11.8. The fourth-order valence-corrected chi connectivity index (χ4v) is 6.39. The number of aryl methyl sites for hydroxylation is 1. The highest BCUT2D eigenvalue weighted by Crippen LogP contribution is 2.43. The SMILES string of the molecule is CN(C(=O)C1(CC(=O)OC(C)(C)C)Cc2ccccc2C1)c1nc(-c2cnn(CCCN3CCOCC3)c2)cs1. The van der Waals surface area contributed by atoms with Crippen LogP contribution in [0.25, 0.3) is 11.3 Å². The Morgan fingerprint density at radius 2 is 1.82 bits per heavy atom. The minimum Gasteiger partial charge on any atom is -0.460 e. The molecule has 1 amide bonds. The number of morpholine rings is 1. The van der Waals surface area contributed by atoms with Crippen LogP contribution >= 0.6 is 11.3 Å². The van der Waals surface area contributed by atoms with Crippen LogP contribution in [0.2, 0.25) is 0 Å². The lowest BCUT2D eigenvalue weighted by atomic mass is 9.80. The Morgan fingerprint density at radius 1 is 1.12 bits per heavy atom. The summed E-state index contributed by atoms with van der Waals surface area (Å²) in [5.41, 5.74) is 2.40. The first-order chi connectivity index (χ1) is 19.1. The number of hydrogen-bond acceptors (Lipinski definition) is 8. The summed E-state index contributed by atoms with van der Waals surface area (Å²) < 4.78 is 13.0. The molecule has 0 saturated carbocycles. The quantitative estimate of drug-likeness (QED) is 0.359. The van der Waals surface area contributed by atoms with Crippen molar-refractivity contribution in [3.05, 3.63) is 53.2 Å². The molecular weight excluding hydrogens is 526 g/mol. The predicted molar refractivity (Wildman–Crippen MR) is 155 cm³/mol. The first-order valence-corrected chi connectivity index (χ1v) is 14.9. The van der Waals surface area contributed by atoms with Gasteiger partial charge in [0.15, 0.2) is 5.13 Å². The lowest BCUT2D eigenvalue weighted by Crippen LogP contribution is -2.45. The van der Waals surface area contributed by atoms with Gasteiger partial charge in [0, 0.05) is 50.4 Å². The minimum atomic E-state index is -0.905. The van der Waals surface area contributed by atoms with E-state index in [4.69, 9.17) is 14.5 Å². The second-order valence-electron chi connectivity index (χ2n) is 11.8. The van der Waals surface area contributed by atoms with E-state index in [1.165, 1.54) is 11.3 Å². The summed E-state index contributed by atoms with van der Waals surface area (Å²) in [6.45, 7) is 11.0. The number of amides is 1. The Morgan fingerprint density at radius 3 is 2.50 bits per heavy atom. The highest BCUT2D eigenvalue weighted by atomic mass is 32.1. The van der Waals surface area contributed by atoms with Crippen LogP contribution in [0, 0.1) is 5.41 Å². The van der Waals surface area contributed by atoms with Crippen LogP contribution in [0.5, 0.6) is 0 Å². The van der Waals surface area contributed by atoms with Crippen LogP contribution in [0.4, 0.5) is 5.13 Å². The van der Waals surface area contributed by atoms with Crippen molar-refractivity contribution in [1.82, 2.24) is 19.7 Å². The summed E-state index contributed by atoms with van der Waals surface area (Å²) in [5, 5.41) is 7.08. The van der Waals surface area contributed by atoms with Crippen LogP contribution in [0.15, 0.2) is 42.0 Å². The number of thiazole rings is 1. The number of ether oxygens (including phenoxy) is 2. The van der Waals surface area contributed by atoms with Crippen molar-refractivity contribution in [1.29, 1.82) is 0 Å². The van der Waals surface area contributed by atoms with Crippen molar-refractivity contribution >= 4 is 28.3 Å². The van der Waals surface area contributed by atoms with Crippen LogP contribution in [0.1, 0.15) is 44.7 Å². The third kappa shape index (κ3) is 6.62. The molecule has 5 rings (SSSR count). The topological polar surface area (TPSA) is 89.8 Å². The zero-order chi connectivity index (χ0) is 28.3. The van der Waals surface area contributed by atoms with Gasteiger partial charge >= 0.3 is 5.97 Å². The van der Waals surface area contributed by atoms with E-state index in [2.05, 4.69) is 10.00 Å². The maximum Gasteiger partial charge on any atom is 0.307 e. The molecule has 0 bridgehead atoms. The lowest BCUT2D eigenvalue weighted by Gasteiger charge is -2.31. The zero-order valence-corrected chi connectivity index (χ0v) is 24.7. The summed E-state index contributed by atoms with van der Waals surface area (Å²) in [4.78, 5) is 35.9. The summed E-state index contributed by atoms with van der Waals surface area (Å²) in [7, 11) is 1.75. The van der Waals surface area contributed by atoms with E-state index >= 15 is 0 Å². The van der Waals surface area contributed by atoms with Crippen molar-refractivity contribution in [2.75, 3.05) is 44.8 Å². The molecule has 1 aliphatic heterocycles. The first-order valence-electron chi connectivity index (χ1n) is 14.0. The molecule has 0 atom stereocenters. The van der Waals surface area contributed by atoms with Gasteiger partial charge in [-0.3, -0.25) is 24.1 Å². The molecule has 0 radical (unpaired) electrons. The maximum atomic E-state index is 14.1. The number of benzene rings is 1. The van der Waals surface area contributed by atoms with Gasteiger partial charge in [-0.2, -0.15) is 5.10 Å². The number of aromatic nitrogens is 3. The van der Waals surface area contributed by atoms with Gasteiger partial charge in [0.2, 0.25) is 5.91 Å². The molecule has 3 aromatic rings. The van der Waals surface area contributed by atoms with E-state index in [-0.39, 0.29) is 18.3 Å². The Balaban J connectivity index is 1.27. The molecule has 0 spiro atoms. The molecular formula is C30H39N5O4S. The Kier molecular flexibility index (Phi) is 8.39. The molecule has 0 unspecified atom stereocenters. The number of hydrogen-bond donors (Lipinski definition) is 0. The van der Waals surface area contributed by atoms with Gasteiger partial charge in [-0.15, -0.1) is 11.3 Å². The lowest BCUT2D eigenvalue weighted by molar-refractivity contribution is -0.159. The van der Waals surface area contributed by atoms with Crippen LogP contribution in [-0.4, -0.2) is 77.0 Å². The normalized spacial score (nSPS) is 17.0. The summed E-state index contributed by atoms with van der Waals surface area (Å²) in [5.74, 6) is -0.475. The fraction of sp³-hybridized carbons (Fsp3) is 0.533. The molecule has 0 N–H and O–H groups in total. The number of esters is 1. The molecule has 1 aromatic carbocycles. The fourth-order valence-electron chi connectivity index (χ4n) is 5.59. The largest absolute Gasteiger partial charge is 0.460 e. The number of anilines is 1. The summed E-state index contributed by atoms with van der Waals surface area (Å²) in [6, 6.07) is 8.04. The van der Waals surface area contributed by atoms with E-state index in [0.29, 0.717) is 18.0 Å². The van der Waals surface area contributed by atoms with Gasteiger partial charge in [-0.05, 0) is 51.2 Å². The Bertz CT molecular complexity index is 1310. The van der Waals surface area contributed by atoms with Gasteiger partial charge in [0.1, 0.15) is 5.60 Å². The van der Waals surface area contributed by atoms with Crippen molar-refractivity contribution in [3.63, 3.8) is 0 Å². The molecule has 9 nitrogen and oxygen atoms in total. The second-order valence-corrected chi connectivity index (χ2v) is 12.7. The summed E-state index contributed by atoms with van der Waals surface area (Å²) in [6.07, 6.45) is 5.88. The standard InChI is InChI=1S/C30H39N5O4S/c1-29(2,3)39-26(36)18-30(16-22-8-5-6-9-23(22)17-30)27(37)33(4)28-32-25(21-40-28)24-19-31-35(20-24)11-7-10-34-12-14-38-15-13-34/h5-6,8-9,19-21H,7,10-18H2,1-4H3. The molecule has 1 fully saturated rings. The average Bonchev–Trinajstić information content (AvgIpc) is 3.66. The number of rotatable bonds is 9. The third-order valence-electron chi connectivity index (χ3n) is 7.51. The number of fused-ring (bicyclic) bond motifs is 1. The van der Waals surface area contributed by atoms with E-state index in [1.807, 2.05) is 67.5 Å². The maximum absolute atomic E-state index is 14.1. The van der Waals surface area contributed by atoms with E-state index in [9.17, 15) is 9.59 Å². The highest BCUT2D eigenvalue weighted by Gasteiger charge is 2.48. The predicted octanol–water partition coefficient (Wildman–Crippen LogP) is 4.21.